The number of benzene rings is 1. The summed E-state index contributed by atoms with van der Waals surface area (Å²) in [4.78, 5) is 13.5. The average molecular weight is 255 g/mol. The molecule has 3 rings (SSSR count). The second kappa shape index (κ2) is 4.88. The first kappa shape index (κ1) is 12.0. The van der Waals surface area contributed by atoms with Crippen molar-refractivity contribution in [1.29, 1.82) is 0 Å². The van der Waals surface area contributed by atoms with E-state index in [1.165, 1.54) is 30.2 Å². The molecule has 0 aliphatic carbocycles. The van der Waals surface area contributed by atoms with E-state index in [-0.39, 0.29) is 5.56 Å². The van der Waals surface area contributed by atoms with Crippen LogP contribution in [0.25, 0.3) is 11.3 Å². The minimum atomic E-state index is -0.171. The van der Waals surface area contributed by atoms with E-state index in [1.54, 1.807) is 6.07 Å². The van der Waals surface area contributed by atoms with E-state index in [1.807, 2.05) is 0 Å². The molecule has 0 unspecified atom stereocenters. The van der Waals surface area contributed by atoms with Crippen LogP contribution in [-0.2, 0) is 0 Å². The molecule has 1 aromatic carbocycles. The Labute approximate surface area is 112 Å². The van der Waals surface area contributed by atoms with Crippen molar-refractivity contribution in [2.24, 2.45) is 0 Å². The van der Waals surface area contributed by atoms with Crippen LogP contribution >= 0.6 is 0 Å². The van der Waals surface area contributed by atoms with Crippen LogP contribution in [0.5, 0.6) is 0 Å². The van der Waals surface area contributed by atoms with Gasteiger partial charge in [-0.25, -0.2) is 5.10 Å². The molecule has 19 heavy (non-hydrogen) atoms. The first-order valence-corrected chi connectivity index (χ1v) is 6.66. The lowest BCUT2D eigenvalue weighted by atomic mass is 10.1. The molecule has 4 heteroatoms. The van der Waals surface area contributed by atoms with Gasteiger partial charge in [0, 0.05) is 30.4 Å². The molecule has 0 radical (unpaired) electrons. The minimum absolute atomic E-state index is 0.171. The molecule has 0 atom stereocenters. The molecule has 2 heterocycles. The van der Waals surface area contributed by atoms with Crippen molar-refractivity contribution in [2.75, 3.05) is 18.0 Å². The Morgan fingerprint density at radius 2 is 1.95 bits per heavy atom. The van der Waals surface area contributed by atoms with Crippen LogP contribution in [0.15, 0.2) is 35.1 Å². The van der Waals surface area contributed by atoms with Crippen LogP contribution in [-0.4, -0.2) is 23.3 Å². The fourth-order valence-electron chi connectivity index (χ4n) is 2.57. The van der Waals surface area contributed by atoms with E-state index < -0.39 is 0 Å². The number of aromatic amines is 1. The summed E-state index contributed by atoms with van der Waals surface area (Å²) in [7, 11) is 0. The van der Waals surface area contributed by atoms with Crippen LogP contribution in [0.2, 0.25) is 0 Å². The van der Waals surface area contributed by atoms with Crippen LogP contribution in [0.1, 0.15) is 18.4 Å². The fourth-order valence-corrected chi connectivity index (χ4v) is 2.57. The molecule has 1 N–H and O–H groups in total. The first-order valence-electron chi connectivity index (χ1n) is 6.66. The van der Waals surface area contributed by atoms with Gasteiger partial charge in [0.25, 0.3) is 5.56 Å². The summed E-state index contributed by atoms with van der Waals surface area (Å²) >= 11 is 0. The topological polar surface area (TPSA) is 49.0 Å². The van der Waals surface area contributed by atoms with Gasteiger partial charge in [0.05, 0.1) is 5.69 Å². The summed E-state index contributed by atoms with van der Waals surface area (Å²) in [5.74, 6) is 0. The molecule has 1 saturated heterocycles. The molecule has 98 valence electrons. The third kappa shape index (κ3) is 2.38. The molecule has 0 bridgehead atoms. The van der Waals surface area contributed by atoms with Crippen LogP contribution in [0, 0.1) is 6.92 Å². The van der Waals surface area contributed by atoms with Crippen molar-refractivity contribution in [3.63, 3.8) is 0 Å². The van der Waals surface area contributed by atoms with Gasteiger partial charge in [-0.15, -0.1) is 0 Å². The van der Waals surface area contributed by atoms with E-state index in [9.17, 15) is 4.79 Å². The molecule has 0 amide bonds. The highest BCUT2D eigenvalue weighted by Crippen LogP contribution is 2.28. The van der Waals surface area contributed by atoms with Crippen LogP contribution in [0.4, 0.5) is 5.69 Å². The molecule has 2 aromatic rings. The van der Waals surface area contributed by atoms with Gasteiger partial charge in [0.2, 0.25) is 0 Å². The van der Waals surface area contributed by atoms with Gasteiger partial charge in [0.15, 0.2) is 0 Å². The number of hydrogen-bond donors (Lipinski definition) is 1. The minimum Gasteiger partial charge on any atom is -0.371 e. The second-order valence-corrected chi connectivity index (χ2v) is 5.00. The van der Waals surface area contributed by atoms with E-state index in [0.717, 1.165) is 24.3 Å². The van der Waals surface area contributed by atoms with Crippen molar-refractivity contribution < 1.29 is 0 Å². The molecule has 1 aliphatic heterocycles. The third-order valence-electron chi connectivity index (χ3n) is 3.63. The number of nitrogens with one attached hydrogen (secondary N) is 1. The van der Waals surface area contributed by atoms with Crippen molar-refractivity contribution >= 4 is 5.69 Å². The number of hydrogen-bond acceptors (Lipinski definition) is 3. The Morgan fingerprint density at radius 3 is 2.63 bits per heavy atom. The molecular formula is C15H17N3O. The molecule has 1 fully saturated rings. The van der Waals surface area contributed by atoms with Crippen LogP contribution < -0.4 is 10.5 Å². The van der Waals surface area contributed by atoms with E-state index in [0.29, 0.717) is 0 Å². The lowest BCUT2D eigenvalue weighted by Crippen LogP contribution is -2.18. The number of rotatable bonds is 2. The zero-order chi connectivity index (χ0) is 13.2. The highest BCUT2D eigenvalue weighted by Gasteiger charge is 2.15. The lowest BCUT2D eigenvalue weighted by molar-refractivity contribution is 0.949. The Bertz CT molecular complexity index is 622. The van der Waals surface area contributed by atoms with E-state index >= 15 is 0 Å². The Balaban J connectivity index is 2.00. The first-order chi connectivity index (χ1) is 9.24. The van der Waals surface area contributed by atoms with Gasteiger partial charge in [-0.05, 0) is 37.5 Å². The highest BCUT2D eigenvalue weighted by atomic mass is 16.1. The van der Waals surface area contributed by atoms with Gasteiger partial charge in [0.1, 0.15) is 0 Å². The van der Waals surface area contributed by atoms with Gasteiger partial charge >= 0.3 is 0 Å². The molecule has 0 spiro atoms. The van der Waals surface area contributed by atoms with Gasteiger partial charge < -0.3 is 4.90 Å². The van der Waals surface area contributed by atoms with Crippen LogP contribution in [0.3, 0.4) is 0 Å². The quantitative estimate of drug-likeness (QED) is 0.896. The normalized spacial score (nSPS) is 14.9. The number of H-pyrrole nitrogens is 1. The number of aromatic nitrogens is 2. The summed E-state index contributed by atoms with van der Waals surface area (Å²) in [6.07, 6.45) is 2.53. The zero-order valence-corrected chi connectivity index (χ0v) is 11.0. The largest absolute Gasteiger partial charge is 0.371 e. The smallest absolute Gasteiger partial charge is 0.264 e. The van der Waals surface area contributed by atoms with E-state index in [4.69, 9.17) is 0 Å². The van der Waals surface area contributed by atoms with Crippen molar-refractivity contribution in [3.05, 3.63) is 46.2 Å². The second-order valence-electron chi connectivity index (χ2n) is 5.00. The van der Waals surface area contributed by atoms with Crippen molar-refractivity contribution in [1.82, 2.24) is 10.2 Å². The summed E-state index contributed by atoms with van der Waals surface area (Å²) in [6.45, 7) is 4.39. The van der Waals surface area contributed by atoms with Crippen molar-refractivity contribution in [3.8, 4) is 11.3 Å². The zero-order valence-electron chi connectivity index (χ0n) is 11.0. The monoisotopic (exact) mass is 255 g/mol. The lowest BCUT2D eigenvalue weighted by Gasteiger charge is -2.20. The summed E-state index contributed by atoms with van der Waals surface area (Å²) < 4.78 is 0. The predicted molar refractivity (Wildman–Crippen MR) is 76.5 cm³/mol. The Hall–Kier alpha value is -2.10. The molecule has 4 nitrogen and oxygen atoms in total. The maximum absolute atomic E-state index is 11.1. The number of aryl methyl sites for hydroxylation is 1. The predicted octanol–water partition coefficient (Wildman–Crippen LogP) is 2.35. The summed E-state index contributed by atoms with van der Waals surface area (Å²) in [5.41, 5.74) is 4.25. The standard InChI is InChI=1S/C15H17N3O/c1-11-4-5-12(13-6-7-15(19)17-16-13)10-14(11)18-8-2-3-9-18/h4-7,10H,2-3,8-9H2,1H3,(H,17,19). The molecule has 0 saturated carbocycles. The van der Waals surface area contributed by atoms with E-state index in [2.05, 4.69) is 40.2 Å². The SMILES string of the molecule is Cc1ccc(-c2ccc(=O)[nH]n2)cc1N1CCCC1. The summed E-state index contributed by atoms with van der Waals surface area (Å²) in [6, 6.07) is 9.61. The Morgan fingerprint density at radius 1 is 1.16 bits per heavy atom. The third-order valence-corrected chi connectivity index (χ3v) is 3.63. The molecular weight excluding hydrogens is 238 g/mol. The molecule has 1 aromatic heterocycles. The number of nitrogens with zero attached hydrogens (tertiary/aromatic N) is 2. The van der Waals surface area contributed by atoms with Gasteiger partial charge in [-0.1, -0.05) is 12.1 Å². The van der Waals surface area contributed by atoms with Gasteiger partial charge in [-0.3, -0.25) is 4.79 Å². The fraction of sp³-hybridized carbons (Fsp3) is 0.333. The highest BCUT2D eigenvalue weighted by molar-refractivity contribution is 5.68. The number of anilines is 1. The molecule has 1 aliphatic rings. The maximum Gasteiger partial charge on any atom is 0.264 e. The maximum atomic E-state index is 11.1. The van der Waals surface area contributed by atoms with Gasteiger partial charge in [-0.2, -0.15) is 5.10 Å². The average Bonchev–Trinajstić information content (AvgIpc) is 2.94. The van der Waals surface area contributed by atoms with Crippen molar-refractivity contribution in [2.45, 2.75) is 19.8 Å². The summed E-state index contributed by atoms with van der Waals surface area (Å²) in [5, 5.41) is 6.57. The Kier molecular flexibility index (Phi) is 3.07.